The van der Waals surface area contributed by atoms with Gasteiger partial charge < -0.3 is 15.2 Å². The maximum atomic E-state index is 14.1. The fourth-order valence-corrected chi connectivity index (χ4v) is 4.72. The predicted octanol–water partition coefficient (Wildman–Crippen LogP) is 2.67. The van der Waals surface area contributed by atoms with E-state index in [1.165, 1.54) is 18.2 Å². The van der Waals surface area contributed by atoms with Crippen molar-refractivity contribution in [3.63, 3.8) is 0 Å². The van der Waals surface area contributed by atoms with E-state index in [4.69, 9.17) is 4.74 Å². The van der Waals surface area contributed by atoms with Gasteiger partial charge in [-0.15, -0.1) is 0 Å². The van der Waals surface area contributed by atoms with Crippen molar-refractivity contribution in [2.45, 2.75) is 68.7 Å². The average Bonchev–Trinajstić information content (AvgIpc) is 3.39. The van der Waals surface area contributed by atoms with E-state index in [0.717, 1.165) is 5.56 Å². The van der Waals surface area contributed by atoms with Crippen LogP contribution in [0.25, 0.3) is 0 Å². The van der Waals surface area contributed by atoms with Crippen molar-refractivity contribution in [1.82, 2.24) is 20.4 Å². The minimum atomic E-state index is -2.73. The zero-order chi connectivity index (χ0) is 23.4. The van der Waals surface area contributed by atoms with Crippen LogP contribution in [0.1, 0.15) is 37.7 Å². The Labute approximate surface area is 190 Å². The van der Waals surface area contributed by atoms with E-state index < -0.39 is 36.0 Å². The summed E-state index contributed by atoms with van der Waals surface area (Å²) in [5, 5.41) is 20.6. The second-order valence-corrected chi connectivity index (χ2v) is 8.83. The van der Waals surface area contributed by atoms with Gasteiger partial charge in [0.05, 0.1) is 18.3 Å². The first kappa shape index (κ1) is 23.6. The van der Waals surface area contributed by atoms with Crippen LogP contribution in [0.4, 0.5) is 13.2 Å². The van der Waals surface area contributed by atoms with Crippen molar-refractivity contribution in [2.24, 2.45) is 0 Å². The number of benzene rings is 1. The van der Waals surface area contributed by atoms with Gasteiger partial charge in [0.1, 0.15) is 12.2 Å². The fourth-order valence-electron chi connectivity index (χ4n) is 4.72. The van der Waals surface area contributed by atoms with Gasteiger partial charge in [-0.1, -0.05) is 12.1 Å². The Bertz CT molecular complexity index is 917. The lowest BCUT2D eigenvalue weighted by atomic mass is 10.0. The molecule has 0 spiro atoms. The van der Waals surface area contributed by atoms with Crippen LogP contribution in [0.15, 0.2) is 36.7 Å². The summed E-state index contributed by atoms with van der Waals surface area (Å²) in [6.07, 6.45) is 2.88. The molecule has 0 bridgehead atoms. The predicted molar refractivity (Wildman–Crippen MR) is 114 cm³/mol. The standard InChI is InChI=1S/C23H29F3N4O3/c24-16-5-1-2-6-18(16)33-19-12-17(29-20(31)7-3-4-15-13-27-28-14-15)21(22(19)32)30-10-8-23(25,26)9-11-30/h1-2,5-6,13-14,17,19,21-22,32H,3-4,7-12H2,(H,27,28)(H,29,31)/t17-,19-,21+,22+/m1/s1. The number of hydrogen-bond acceptors (Lipinski definition) is 5. The molecule has 1 saturated heterocycles. The normalized spacial score (nSPS) is 27.4. The molecule has 0 radical (unpaired) electrons. The smallest absolute Gasteiger partial charge is 0.250 e. The van der Waals surface area contributed by atoms with E-state index in [-0.39, 0.29) is 50.4 Å². The molecule has 4 atom stereocenters. The zero-order valence-electron chi connectivity index (χ0n) is 18.2. The summed E-state index contributed by atoms with van der Waals surface area (Å²) in [4.78, 5) is 14.4. The molecule has 1 aliphatic heterocycles. The summed E-state index contributed by atoms with van der Waals surface area (Å²) in [7, 11) is 0. The Morgan fingerprint density at radius 2 is 2.06 bits per heavy atom. The first-order chi connectivity index (χ1) is 15.8. The number of nitrogens with one attached hydrogen (secondary N) is 2. The molecule has 3 N–H and O–H groups in total. The first-order valence-corrected chi connectivity index (χ1v) is 11.3. The number of aliphatic hydroxyl groups is 1. The van der Waals surface area contributed by atoms with Gasteiger partial charge in [-0.3, -0.25) is 14.8 Å². The van der Waals surface area contributed by atoms with E-state index in [2.05, 4.69) is 15.5 Å². The number of amides is 1. The largest absolute Gasteiger partial charge is 0.485 e. The minimum Gasteiger partial charge on any atom is -0.485 e. The molecule has 1 aromatic heterocycles. The lowest BCUT2D eigenvalue weighted by molar-refractivity contribution is -0.123. The Morgan fingerprint density at radius 3 is 2.76 bits per heavy atom. The Balaban J connectivity index is 1.42. The Hall–Kier alpha value is -2.59. The van der Waals surface area contributed by atoms with E-state index in [1.54, 1.807) is 23.4 Å². The number of para-hydroxylation sites is 1. The summed E-state index contributed by atoms with van der Waals surface area (Å²) < 4.78 is 47.3. The van der Waals surface area contributed by atoms with Crippen molar-refractivity contribution in [2.75, 3.05) is 13.1 Å². The maximum absolute atomic E-state index is 14.1. The van der Waals surface area contributed by atoms with E-state index in [0.29, 0.717) is 12.8 Å². The third-order valence-electron chi connectivity index (χ3n) is 6.47. The summed E-state index contributed by atoms with van der Waals surface area (Å²) in [6.45, 7) is 0.210. The number of H-pyrrole nitrogens is 1. The highest BCUT2D eigenvalue weighted by Gasteiger charge is 2.49. The van der Waals surface area contributed by atoms with Gasteiger partial charge in [-0.2, -0.15) is 5.10 Å². The van der Waals surface area contributed by atoms with Gasteiger partial charge >= 0.3 is 0 Å². The second-order valence-electron chi connectivity index (χ2n) is 8.83. The number of rotatable bonds is 8. The number of aryl methyl sites for hydroxylation is 1. The van der Waals surface area contributed by atoms with Crippen LogP contribution in [-0.4, -0.2) is 69.4 Å². The number of likely N-dealkylation sites (tertiary alicyclic amines) is 1. The number of hydrogen-bond donors (Lipinski definition) is 3. The number of carbonyl (C=O) groups excluding carboxylic acids is 1. The number of aromatic amines is 1. The molecule has 180 valence electrons. The molecule has 0 unspecified atom stereocenters. The number of alkyl halides is 2. The summed E-state index contributed by atoms with van der Waals surface area (Å²) in [5.74, 6) is -3.45. The van der Waals surface area contributed by atoms with Crippen LogP contribution < -0.4 is 10.1 Å². The maximum Gasteiger partial charge on any atom is 0.250 e. The molecule has 7 nitrogen and oxygen atoms in total. The topological polar surface area (TPSA) is 90.5 Å². The molecule has 2 aromatic rings. The first-order valence-electron chi connectivity index (χ1n) is 11.3. The van der Waals surface area contributed by atoms with Crippen LogP contribution in [0.2, 0.25) is 0 Å². The number of halogens is 3. The molecule has 10 heteroatoms. The number of carbonyl (C=O) groups is 1. The van der Waals surface area contributed by atoms with Crippen molar-refractivity contribution < 1.29 is 27.8 Å². The number of aromatic nitrogens is 2. The molecule has 1 aliphatic carbocycles. The molecular formula is C23H29F3N4O3. The highest BCUT2D eigenvalue weighted by Crippen LogP contribution is 2.35. The molecule has 1 saturated carbocycles. The molecule has 33 heavy (non-hydrogen) atoms. The van der Waals surface area contributed by atoms with Gasteiger partial charge in [0.2, 0.25) is 5.91 Å². The molecule has 1 amide bonds. The van der Waals surface area contributed by atoms with E-state index >= 15 is 0 Å². The van der Waals surface area contributed by atoms with E-state index in [9.17, 15) is 23.1 Å². The van der Waals surface area contributed by atoms with Crippen LogP contribution in [0.3, 0.4) is 0 Å². The summed E-state index contributed by atoms with van der Waals surface area (Å²) >= 11 is 0. The van der Waals surface area contributed by atoms with Crippen molar-refractivity contribution >= 4 is 5.91 Å². The van der Waals surface area contributed by atoms with Crippen molar-refractivity contribution in [3.05, 3.63) is 48.0 Å². The van der Waals surface area contributed by atoms with Crippen molar-refractivity contribution in [3.8, 4) is 5.75 Å². The van der Waals surface area contributed by atoms with Gasteiger partial charge in [-0.05, 0) is 30.5 Å². The summed E-state index contributed by atoms with van der Waals surface area (Å²) in [5.41, 5.74) is 1.00. The zero-order valence-corrected chi connectivity index (χ0v) is 18.2. The quantitative estimate of drug-likeness (QED) is 0.557. The Morgan fingerprint density at radius 1 is 1.30 bits per heavy atom. The molecule has 2 aliphatic rings. The van der Waals surface area contributed by atoms with Crippen LogP contribution in [0, 0.1) is 5.82 Å². The van der Waals surface area contributed by atoms with Crippen LogP contribution >= 0.6 is 0 Å². The molecule has 4 rings (SSSR count). The van der Waals surface area contributed by atoms with Gasteiger partial charge in [-0.25, -0.2) is 13.2 Å². The molecular weight excluding hydrogens is 437 g/mol. The van der Waals surface area contributed by atoms with Gasteiger partial charge in [0, 0.05) is 45.0 Å². The lowest BCUT2D eigenvalue weighted by Gasteiger charge is -2.39. The lowest BCUT2D eigenvalue weighted by Crippen LogP contribution is -2.56. The van der Waals surface area contributed by atoms with Crippen LogP contribution in [-0.2, 0) is 11.2 Å². The highest BCUT2D eigenvalue weighted by molar-refractivity contribution is 5.76. The molecule has 1 aromatic carbocycles. The molecule has 2 heterocycles. The summed E-state index contributed by atoms with van der Waals surface area (Å²) in [6, 6.07) is 4.82. The van der Waals surface area contributed by atoms with Gasteiger partial charge in [0.15, 0.2) is 11.6 Å². The number of nitrogens with zero attached hydrogens (tertiary/aromatic N) is 2. The Kier molecular flexibility index (Phi) is 7.23. The van der Waals surface area contributed by atoms with Gasteiger partial charge in [0.25, 0.3) is 5.92 Å². The van der Waals surface area contributed by atoms with Crippen LogP contribution in [0.5, 0.6) is 5.75 Å². The fraction of sp³-hybridized carbons (Fsp3) is 0.565. The monoisotopic (exact) mass is 466 g/mol. The SMILES string of the molecule is O=C(CCCc1cn[nH]c1)N[C@@H]1C[C@@H](Oc2ccccc2F)[C@H](O)[C@H]1N1CCC(F)(F)CC1. The number of aliphatic hydroxyl groups excluding tert-OH is 1. The highest BCUT2D eigenvalue weighted by atomic mass is 19.3. The second kappa shape index (κ2) is 10.1. The van der Waals surface area contributed by atoms with E-state index in [1.807, 2.05) is 0 Å². The molecule has 2 fully saturated rings. The third kappa shape index (κ3) is 5.86. The number of piperidine rings is 1. The average molecular weight is 467 g/mol. The minimum absolute atomic E-state index is 0.0116. The number of ether oxygens (including phenoxy) is 1. The van der Waals surface area contributed by atoms with Crippen molar-refractivity contribution in [1.29, 1.82) is 0 Å². The third-order valence-corrected chi connectivity index (χ3v) is 6.47.